The Labute approximate surface area is 127 Å². The normalized spacial score (nSPS) is 19.4. The SMILES string of the molecule is CNc1nc(NCC2C(C)(C)C2(C)C)nc(OC(C)C)n1. The highest BCUT2D eigenvalue weighted by atomic mass is 16.5. The first-order valence-electron chi connectivity index (χ1n) is 7.53. The second-order valence-corrected chi connectivity index (χ2v) is 7.06. The van der Waals surface area contributed by atoms with Crippen molar-refractivity contribution >= 4 is 11.9 Å². The maximum absolute atomic E-state index is 5.56. The van der Waals surface area contributed by atoms with Gasteiger partial charge in [-0.3, -0.25) is 0 Å². The standard InChI is InChI=1S/C15H27N5O/c1-9(2)21-13-19-11(16-7)18-12(20-13)17-8-10-14(3,4)15(10,5)6/h9-10H,8H2,1-7H3,(H2,16,17,18,19,20). The predicted octanol–water partition coefficient (Wildman–Crippen LogP) is 2.79. The van der Waals surface area contributed by atoms with Crippen LogP contribution in [0.1, 0.15) is 41.5 Å². The van der Waals surface area contributed by atoms with E-state index in [9.17, 15) is 0 Å². The summed E-state index contributed by atoms with van der Waals surface area (Å²) < 4.78 is 5.56. The van der Waals surface area contributed by atoms with E-state index in [1.807, 2.05) is 13.8 Å². The molecule has 1 aromatic heterocycles. The van der Waals surface area contributed by atoms with Crippen LogP contribution in [0.15, 0.2) is 0 Å². The molecular formula is C15H27N5O. The van der Waals surface area contributed by atoms with Gasteiger partial charge in [-0.05, 0) is 30.6 Å². The van der Waals surface area contributed by atoms with Gasteiger partial charge >= 0.3 is 6.01 Å². The molecular weight excluding hydrogens is 266 g/mol. The smallest absolute Gasteiger partial charge is 0.323 e. The van der Waals surface area contributed by atoms with E-state index >= 15 is 0 Å². The van der Waals surface area contributed by atoms with E-state index in [-0.39, 0.29) is 6.10 Å². The Morgan fingerprint density at radius 2 is 1.62 bits per heavy atom. The maximum Gasteiger partial charge on any atom is 0.323 e. The number of ether oxygens (including phenoxy) is 1. The molecule has 1 saturated carbocycles. The Morgan fingerprint density at radius 1 is 1.05 bits per heavy atom. The van der Waals surface area contributed by atoms with Crippen molar-refractivity contribution in [3.05, 3.63) is 0 Å². The fourth-order valence-electron chi connectivity index (χ4n) is 2.85. The lowest BCUT2D eigenvalue weighted by atomic mass is 10.0. The zero-order valence-corrected chi connectivity index (χ0v) is 14.1. The minimum absolute atomic E-state index is 0.0336. The third-order valence-corrected chi connectivity index (χ3v) is 4.96. The summed E-state index contributed by atoms with van der Waals surface area (Å²) in [6, 6.07) is 0.348. The molecule has 6 nitrogen and oxygen atoms in total. The number of nitrogens with zero attached hydrogens (tertiary/aromatic N) is 3. The van der Waals surface area contributed by atoms with Gasteiger partial charge in [0.15, 0.2) is 0 Å². The van der Waals surface area contributed by atoms with Gasteiger partial charge in [-0.15, -0.1) is 0 Å². The lowest BCUT2D eigenvalue weighted by molar-refractivity contribution is 0.222. The Kier molecular flexibility index (Phi) is 4.00. The van der Waals surface area contributed by atoms with Crippen LogP contribution in [0.4, 0.5) is 11.9 Å². The molecule has 0 saturated heterocycles. The molecule has 6 heteroatoms. The zero-order valence-electron chi connectivity index (χ0n) is 14.1. The average molecular weight is 293 g/mol. The highest BCUT2D eigenvalue weighted by Crippen LogP contribution is 2.68. The third kappa shape index (κ3) is 3.04. The van der Waals surface area contributed by atoms with E-state index < -0.39 is 0 Å². The van der Waals surface area contributed by atoms with E-state index in [4.69, 9.17) is 4.74 Å². The van der Waals surface area contributed by atoms with Gasteiger partial charge in [0.1, 0.15) is 0 Å². The largest absolute Gasteiger partial charge is 0.461 e. The summed E-state index contributed by atoms with van der Waals surface area (Å²) in [5, 5.41) is 6.26. The summed E-state index contributed by atoms with van der Waals surface area (Å²) in [4.78, 5) is 12.8. The monoisotopic (exact) mass is 293 g/mol. The van der Waals surface area contributed by atoms with Crippen molar-refractivity contribution in [3.8, 4) is 6.01 Å². The van der Waals surface area contributed by atoms with Gasteiger partial charge in [0, 0.05) is 13.6 Å². The molecule has 21 heavy (non-hydrogen) atoms. The fraction of sp³-hybridized carbons (Fsp3) is 0.800. The molecule has 1 fully saturated rings. The van der Waals surface area contributed by atoms with Crippen molar-refractivity contribution in [3.63, 3.8) is 0 Å². The Hall–Kier alpha value is -1.59. The van der Waals surface area contributed by atoms with Crippen LogP contribution in [-0.4, -0.2) is 34.6 Å². The molecule has 0 aromatic carbocycles. The second kappa shape index (κ2) is 5.31. The summed E-state index contributed by atoms with van der Waals surface area (Å²) in [5.74, 6) is 1.68. The van der Waals surface area contributed by atoms with Crippen LogP contribution < -0.4 is 15.4 Å². The van der Waals surface area contributed by atoms with Crippen LogP contribution in [0, 0.1) is 16.7 Å². The first kappa shape index (κ1) is 15.8. The van der Waals surface area contributed by atoms with Crippen LogP contribution in [0.2, 0.25) is 0 Å². The van der Waals surface area contributed by atoms with Crippen molar-refractivity contribution in [1.82, 2.24) is 15.0 Å². The molecule has 2 rings (SSSR count). The molecule has 0 aliphatic heterocycles. The molecule has 0 radical (unpaired) electrons. The molecule has 0 amide bonds. The van der Waals surface area contributed by atoms with Crippen molar-refractivity contribution < 1.29 is 4.74 Å². The summed E-state index contributed by atoms with van der Waals surface area (Å²) in [6.45, 7) is 14.0. The lowest BCUT2D eigenvalue weighted by Crippen LogP contribution is -2.15. The van der Waals surface area contributed by atoms with Crippen molar-refractivity contribution in [2.45, 2.75) is 47.6 Å². The van der Waals surface area contributed by atoms with Gasteiger partial charge in [0.05, 0.1) is 6.10 Å². The molecule has 1 heterocycles. The summed E-state index contributed by atoms with van der Waals surface area (Å²) in [5.41, 5.74) is 0.687. The van der Waals surface area contributed by atoms with Crippen molar-refractivity contribution in [2.75, 3.05) is 24.2 Å². The fourth-order valence-corrected chi connectivity index (χ4v) is 2.85. The maximum atomic E-state index is 5.56. The van der Waals surface area contributed by atoms with Crippen LogP contribution in [0.3, 0.4) is 0 Å². The van der Waals surface area contributed by atoms with Crippen molar-refractivity contribution in [2.24, 2.45) is 16.7 Å². The van der Waals surface area contributed by atoms with E-state index in [1.54, 1.807) is 7.05 Å². The molecule has 0 spiro atoms. The van der Waals surface area contributed by atoms with E-state index in [2.05, 4.69) is 53.3 Å². The average Bonchev–Trinajstić information content (AvgIpc) is 2.76. The van der Waals surface area contributed by atoms with Crippen LogP contribution in [0.5, 0.6) is 6.01 Å². The first-order chi connectivity index (χ1) is 9.68. The van der Waals surface area contributed by atoms with Gasteiger partial charge in [0.25, 0.3) is 0 Å². The van der Waals surface area contributed by atoms with E-state index in [0.29, 0.717) is 34.7 Å². The molecule has 118 valence electrons. The number of anilines is 2. The van der Waals surface area contributed by atoms with Gasteiger partial charge < -0.3 is 15.4 Å². The first-order valence-corrected chi connectivity index (χ1v) is 7.53. The van der Waals surface area contributed by atoms with Gasteiger partial charge in [-0.1, -0.05) is 27.7 Å². The molecule has 1 aliphatic carbocycles. The van der Waals surface area contributed by atoms with Crippen LogP contribution >= 0.6 is 0 Å². The number of aromatic nitrogens is 3. The summed E-state index contributed by atoms with van der Waals surface area (Å²) >= 11 is 0. The summed E-state index contributed by atoms with van der Waals surface area (Å²) in [7, 11) is 1.78. The van der Waals surface area contributed by atoms with Crippen LogP contribution in [0.25, 0.3) is 0 Å². The summed E-state index contributed by atoms with van der Waals surface area (Å²) in [6.07, 6.45) is 0.0336. The topological polar surface area (TPSA) is 72.0 Å². The number of rotatable bonds is 6. The highest BCUT2D eigenvalue weighted by Gasteiger charge is 2.64. The molecule has 0 unspecified atom stereocenters. The van der Waals surface area contributed by atoms with Gasteiger partial charge in [-0.2, -0.15) is 15.0 Å². The quantitative estimate of drug-likeness (QED) is 0.840. The van der Waals surface area contributed by atoms with Gasteiger partial charge in [0.2, 0.25) is 11.9 Å². The van der Waals surface area contributed by atoms with E-state index in [0.717, 1.165) is 6.54 Å². The predicted molar refractivity (Wildman–Crippen MR) is 84.7 cm³/mol. The Balaban J connectivity index is 2.06. The minimum Gasteiger partial charge on any atom is -0.461 e. The third-order valence-electron chi connectivity index (χ3n) is 4.96. The zero-order chi connectivity index (χ0) is 15.8. The molecule has 1 aromatic rings. The second-order valence-electron chi connectivity index (χ2n) is 7.06. The number of hydrogen-bond acceptors (Lipinski definition) is 6. The van der Waals surface area contributed by atoms with Gasteiger partial charge in [-0.25, -0.2) is 0 Å². The number of nitrogens with one attached hydrogen (secondary N) is 2. The Bertz CT molecular complexity index is 499. The van der Waals surface area contributed by atoms with Crippen molar-refractivity contribution in [1.29, 1.82) is 0 Å². The highest BCUT2D eigenvalue weighted by molar-refractivity contribution is 5.36. The van der Waals surface area contributed by atoms with Crippen LogP contribution in [-0.2, 0) is 0 Å². The molecule has 0 bridgehead atoms. The lowest BCUT2D eigenvalue weighted by Gasteiger charge is -2.11. The molecule has 0 atom stereocenters. The van der Waals surface area contributed by atoms with E-state index in [1.165, 1.54) is 0 Å². The molecule has 1 aliphatic rings. The minimum atomic E-state index is 0.0336. The molecule has 2 N–H and O–H groups in total. The number of hydrogen-bond donors (Lipinski definition) is 2. The Morgan fingerprint density at radius 3 is 2.10 bits per heavy atom.